The molecule has 0 spiro atoms. The first-order chi connectivity index (χ1) is 7.63. The van der Waals surface area contributed by atoms with Gasteiger partial charge in [-0.25, -0.2) is 0 Å². The Balaban J connectivity index is 1.97. The second-order valence-electron chi connectivity index (χ2n) is 4.51. The van der Waals surface area contributed by atoms with Gasteiger partial charge in [-0.05, 0) is 18.2 Å². The van der Waals surface area contributed by atoms with E-state index >= 15 is 0 Å². The monoisotopic (exact) mass is 241 g/mol. The number of ether oxygens (including phenoxy) is 2. The maximum atomic E-state index is 6.04. The quantitative estimate of drug-likeness (QED) is 0.879. The molecule has 0 amide bonds. The van der Waals surface area contributed by atoms with Crippen LogP contribution in [-0.2, 0) is 4.74 Å². The van der Waals surface area contributed by atoms with E-state index in [4.69, 9.17) is 21.1 Å². The van der Waals surface area contributed by atoms with Crippen molar-refractivity contribution < 1.29 is 9.47 Å². The highest BCUT2D eigenvalue weighted by Gasteiger charge is 2.32. The van der Waals surface area contributed by atoms with Crippen molar-refractivity contribution in [2.75, 3.05) is 32.2 Å². The third kappa shape index (κ3) is 2.42. The molecule has 1 N–H and O–H groups in total. The van der Waals surface area contributed by atoms with E-state index in [-0.39, 0.29) is 5.41 Å². The van der Waals surface area contributed by atoms with Gasteiger partial charge in [0, 0.05) is 17.6 Å². The first kappa shape index (κ1) is 11.6. The number of benzene rings is 1. The fourth-order valence-electron chi connectivity index (χ4n) is 1.64. The normalized spacial score (nSPS) is 17.7. The number of hydrogen-bond donors (Lipinski definition) is 1. The highest BCUT2D eigenvalue weighted by molar-refractivity contribution is 6.32. The van der Waals surface area contributed by atoms with E-state index in [2.05, 4.69) is 12.2 Å². The Morgan fingerprint density at radius 3 is 2.75 bits per heavy atom. The molecule has 0 aliphatic carbocycles. The molecule has 1 aromatic rings. The average molecular weight is 242 g/mol. The van der Waals surface area contributed by atoms with Crippen LogP contribution in [0.1, 0.15) is 6.92 Å². The Morgan fingerprint density at radius 2 is 2.25 bits per heavy atom. The minimum atomic E-state index is 0.256. The van der Waals surface area contributed by atoms with Crippen LogP contribution in [0.25, 0.3) is 0 Å². The van der Waals surface area contributed by atoms with Gasteiger partial charge < -0.3 is 14.8 Å². The summed E-state index contributed by atoms with van der Waals surface area (Å²) in [7, 11) is 1.61. The molecule has 0 aromatic heterocycles. The fourth-order valence-corrected chi connectivity index (χ4v) is 1.90. The molecule has 1 aliphatic heterocycles. The smallest absolute Gasteiger partial charge is 0.137 e. The topological polar surface area (TPSA) is 30.5 Å². The van der Waals surface area contributed by atoms with E-state index in [1.165, 1.54) is 0 Å². The first-order valence-electron chi connectivity index (χ1n) is 5.28. The van der Waals surface area contributed by atoms with Gasteiger partial charge in [0.1, 0.15) is 5.75 Å². The van der Waals surface area contributed by atoms with Crippen molar-refractivity contribution in [1.82, 2.24) is 0 Å². The predicted molar refractivity (Wildman–Crippen MR) is 65.4 cm³/mol. The Bertz CT molecular complexity index is 377. The molecule has 1 heterocycles. The van der Waals surface area contributed by atoms with Crippen molar-refractivity contribution >= 4 is 17.3 Å². The number of rotatable bonds is 4. The molecular weight excluding hydrogens is 226 g/mol. The Morgan fingerprint density at radius 1 is 1.50 bits per heavy atom. The summed E-state index contributed by atoms with van der Waals surface area (Å²) in [4.78, 5) is 0. The number of hydrogen-bond acceptors (Lipinski definition) is 3. The zero-order chi connectivity index (χ0) is 11.6. The van der Waals surface area contributed by atoms with Crippen molar-refractivity contribution in [3.8, 4) is 5.75 Å². The SMILES string of the molecule is COc1ccc(NCC2(C)COC2)cc1Cl. The summed E-state index contributed by atoms with van der Waals surface area (Å²) in [6.07, 6.45) is 0. The van der Waals surface area contributed by atoms with Crippen LogP contribution in [-0.4, -0.2) is 26.9 Å². The van der Waals surface area contributed by atoms with Crippen LogP contribution in [0.3, 0.4) is 0 Å². The van der Waals surface area contributed by atoms with E-state index in [9.17, 15) is 0 Å². The molecule has 0 unspecified atom stereocenters. The Labute approximate surface area is 101 Å². The van der Waals surface area contributed by atoms with Crippen LogP contribution in [0.15, 0.2) is 18.2 Å². The molecule has 16 heavy (non-hydrogen) atoms. The van der Waals surface area contributed by atoms with Crippen molar-refractivity contribution in [1.29, 1.82) is 0 Å². The van der Waals surface area contributed by atoms with Gasteiger partial charge in [0.25, 0.3) is 0 Å². The Kier molecular flexibility index (Phi) is 3.26. The molecule has 88 valence electrons. The summed E-state index contributed by atoms with van der Waals surface area (Å²) >= 11 is 6.04. The number of methoxy groups -OCH3 is 1. The number of nitrogens with one attached hydrogen (secondary N) is 1. The number of halogens is 1. The zero-order valence-electron chi connectivity index (χ0n) is 9.55. The van der Waals surface area contributed by atoms with Gasteiger partial charge in [-0.1, -0.05) is 18.5 Å². The minimum absolute atomic E-state index is 0.256. The Hall–Kier alpha value is -0.930. The lowest BCUT2D eigenvalue weighted by Crippen LogP contribution is -2.45. The average Bonchev–Trinajstić information content (AvgIpc) is 2.24. The van der Waals surface area contributed by atoms with Crippen LogP contribution < -0.4 is 10.1 Å². The lowest BCUT2D eigenvalue weighted by Gasteiger charge is -2.38. The van der Waals surface area contributed by atoms with Crippen LogP contribution in [0.5, 0.6) is 5.75 Å². The summed E-state index contributed by atoms with van der Waals surface area (Å²) in [5, 5.41) is 3.99. The van der Waals surface area contributed by atoms with E-state index in [0.29, 0.717) is 10.8 Å². The molecular formula is C12H16ClNO2. The molecule has 4 heteroatoms. The van der Waals surface area contributed by atoms with Gasteiger partial charge in [0.2, 0.25) is 0 Å². The van der Waals surface area contributed by atoms with Crippen LogP contribution in [0.2, 0.25) is 5.02 Å². The predicted octanol–water partition coefficient (Wildman–Crippen LogP) is 2.80. The summed E-state index contributed by atoms with van der Waals surface area (Å²) in [6.45, 7) is 4.75. The largest absolute Gasteiger partial charge is 0.495 e. The van der Waals surface area contributed by atoms with E-state index < -0.39 is 0 Å². The molecule has 1 aromatic carbocycles. The highest BCUT2D eigenvalue weighted by Crippen LogP contribution is 2.30. The lowest BCUT2D eigenvalue weighted by atomic mass is 9.89. The van der Waals surface area contributed by atoms with E-state index in [0.717, 1.165) is 25.4 Å². The molecule has 1 saturated heterocycles. The third-order valence-electron chi connectivity index (χ3n) is 2.77. The van der Waals surface area contributed by atoms with Crippen LogP contribution in [0.4, 0.5) is 5.69 Å². The summed E-state index contributed by atoms with van der Waals surface area (Å²) in [6, 6.07) is 5.71. The fraction of sp³-hybridized carbons (Fsp3) is 0.500. The maximum Gasteiger partial charge on any atom is 0.137 e. The second kappa shape index (κ2) is 4.52. The van der Waals surface area contributed by atoms with Crippen LogP contribution in [0, 0.1) is 5.41 Å². The molecule has 0 saturated carbocycles. The first-order valence-corrected chi connectivity index (χ1v) is 5.66. The molecule has 0 bridgehead atoms. The highest BCUT2D eigenvalue weighted by atomic mass is 35.5. The van der Waals surface area contributed by atoms with Gasteiger partial charge in [-0.3, -0.25) is 0 Å². The molecule has 3 nitrogen and oxygen atoms in total. The van der Waals surface area contributed by atoms with Crippen molar-refractivity contribution in [3.63, 3.8) is 0 Å². The van der Waals surface area contributed by atoms with E-state index in [1.807, 2.05) is 18.2 Å². The van der Waals surface area contributed by atoms with E-state index in [1.54, 1.807) is 7.11 Å². The summed E-state index contributed by atoms with van der Waals surface area (Å²) in [5.74, 6) is 0.699. The maximum absolute atomic E-state index is 6.04. The summed E-state index contributed by atoms with van der Waals surface area (Å²) < 4.78 is 10.3. The van der Waals surface area contributed by atoms with Crippen molar-refractivity contribution in [3.05, 3.63) is 23.2 Å². The summed E-state index contributed by atoms with van der Waals surface area (Å²) in [5.41, 5.74) is 1.27. The molecule has 0 atom stereocenters. The minimum Gasteiger partial charge on any atom is -0.495 e. The van der Waals surface area contributed by atoms with Gasteiger partial charge >= 0.3 is 0 Å². The van der Waals surface area contributed by atoms with Crippen molar-refractivity contribution in [2.24, 2.45) is 5.41 Å². The molecule has 1 aliphatic rings. The van der Waals surface area contributed by atoms with Gasteiger partial charge in [0.15, 0.2) is 0 Å². The van der Waals surface area contributed by atoms with Crippen molar-refractivity contribution in [2.45, 2.75) is 6.92 Å². The standard InChI is InChI=1S/C12H16ClNO2/c1-12(7-16-8-12)6-14-9-3-4-11(15-2)10(13)5-9/h3-5,14H,6-8H2,1-2H3. The van der Waals surface area contributed by atoms with Crippen LogP contribution >= 0.6 is 11.6 Å². The molecule has 1 fully saturated rings. The van der Waals surface area contributed by atoms with Gasteiger partial charge in [-0.15, -0.1) is 0 Å². The van der Waals surface area contributed by atoms with Gasteiger partial charge in [-0.2, -0.15) is 0 Å². The number of anilines is 1. The second-order valence-corrected chi connectivity index (χ2v) is 4.91. The molecule has 2 rings (SSSR count). The zero-order valence-corrected chi connectivity index (χ0v) is 10.3. The lowest BCUT2D eigenvalue weighted by molar-refractivity contribution is -0.0924. The molecule has 0 radical (unpaired) electrons. The third-order valence-corrected chi connectivity index (χ3v) is 3.07. The van der Waals surface area contributed by atoms with Gasteiger partial charge in [0.05, 0.1) is 25.3 Å².